The minimum absolute atomic E-state index is 0.136. The Labute approximate surface area is 139 Å². The third kappa shape index (κ3) is 2.70. The van der Waals surface area contributed by atoms with Gasteiger partial charge in [0.25, 0.3) is 5.91 Å². The summed E-state index contributed by atoms with van der Waals surface area (Å²) in [6.07, 6.45) is 1.67. The number of hydrogen-bond donors (Lipinski definition) is 3. The first-order valence-electron chi connectivity index (χ1n) is 8.28. The maximum atomic E-state index is 12.6. The van der Waals surface area contributed by atoms with Gasteiger partial charge in [0.1, 0.15) is 6.04 Å². The van der Waals surface area contributed by atoms with Gasteiger partial charge in [-0.3, -0.25) is 19.7 Å². The Kier molecular flexibility index (Phi) is 3.62. The fraction of sp³-hybridized carbons (Fsp3) is 0.471. The van der Waals surface area contributed by atoms with Crippen LogP contribution in [0.4, 0.5) is 0 Å². The number of nitrogens with zero attached hydrogens (tertiary/aromatic N) is 1. The van der Waals surface area contributed by atoms with Crippen molar-refractivity contribution in [2.24, 2.45) is 5.73 Å². The highest BCUT2D eigenvalue weighted by molar-refractivity contribution is 6.05. The van der Waals surface area contributed by atoms with Crippen LogP contribution in [0.1, 0.15) is 40.7 Å². The maximum Gasteiger partial charge on any atom is 0.255 e. The van der Waals surface area contributed by atoms with Crippen LogP contribution >= 0.6 is 0 Å². The average Bonchev–Trinajstić information content (AvgIpc) is 3.16. The average molecular weight is 328 g/mol. The molecule has 3 amide bonds. The Morgan fingerprint density at radius 1 is 1.29 bits per heavy atom. The monoisotopic (exact) mass is 328 g/mol. The fourth-order valence-electron chi connectivity index (χ4n) is 3.44. The van der Waals surface area contributed by atoms with E-state index in [4.69, 9.17) is 5.73 Å². The lowest BCUT2D eigenvalue weighted by Gasteiger charge is -2.29. The van der Waals surface area contributed by atoms with E-state index in [1.54, 1.807) is 4.90 Å². The van der Waals surface area contributed by atoms with E-state index >= 15 is 0 Å². The van der Waals surface area contributed by atoms with Crippen LogP contribution in [0.15, 0.2) is 18.2 Å². The molecule has 0 radical (unpaired) electrons. The Bertz CT molecular complexity index is 733. The zero-order valence-electron chi connectivity index (χ0n) is 13.2. The summed E-state index contributed by atoms with van der Waals surface area (Å²) in [5, 5.41) is 5.70. The largest absolute Gasteiger partial charge is 0.326 e. The summed E-state index contributed by atoms with van der Waals surface area (Å²) in [5.41, 5.74) is 8.47. The Morgan fingerprint density at radius 3 is 2.79 bits per heavy atom. The number of carbonyl (C=O) groups is 3. The van der Waals surface area contributed by atoms with Gasteiger partial charge in [0.05, 0.1) is 0 Å². The van der Waals surface area contributed by atoms with Crippen molar-refractivity contribution in [1.82, 2.24) is 15.5 Å². The first kappa shape index (κ1) is 15.3. The number of rotatable bonds is 4. The van der Waals surface area contributed by atoms with Crippen LogP contribution in [0.3, 0.4) is 0 Å². The van der Waals surface area contributed by atoms with Gasteiger partial charge in [0.15, 0.2) is 0 Å². The van der Waals surface area contributed by atoms with E-state index in [9.17, 15) is 14.4 Å². The van der Waals surface area contributed by atoms with Crippen molar-refractivity contribution in [3.05, 3.63) is 34.9 Å². The third-order valence-corrected chi connectivity index (χ3v) is 5.00. The van der Waals surface area contributed by atoms with Crippen LogP contribution in [-0.2, 0) is 22.7 Å². The van der Waals surface area contributed by atoms with E-state index in [2.05, 4.69) is 10.6 Å². The number of imide groups is 1. The van der Waals surface area contributed by atoms with E-state index in [0.717, 1.165) is 24.1 Å². The molecule has 2 fully saturated rings. The second-order valence-electron chi connectivity index (χ2n) is 6.78. The molecular formula is C17H20N4O3. The van der Waals surface area contributed by atoms with Gasteiger partial charge in [-0.1, -0.05) is 12.1 Å². The van der Waals surface area contributed by atoms with Crippen molar-refractivity contribution in [1.29, 1.82) is 0 Å². The summed E-state index contributed by atoms with van der Waals surface area (Å²) in [6.45, 7) is 1.13. The molecule has 2 aliphatic heterocycles. The van der Waals surface area contributed by atoms with Crippen LogP contribution in [0.5, 0.6) is 0 Å². The van der Waals surface area contributed by atoms with Gasteiger partial charge >= 0.3 is 0 Å². The molecule has 0 spiro atoms. The molecule has 0 bridgehead atoms. The summed E-state index contributed by atoms with van der Waals surface area (Å²) in [5.74, 6) is -0.785. The predicted octanol–water partition coefficient (Wildman–Crippen LogP) is -0.363. The topological polar surface area (TPSA) is 105 Å². The lowest BCUT2D eigenvalue weighted by molar-refractivity contribution is -0.136. The minimum atomic E-state index is -0.561. The van der Waals surface area contributed by atoms with Crippen molar-refractivity contribution in [3.63, 3.8) is 0 Å². The highest BCUT2D eigenvalue weighted by atomic mass is 16.2. The van der Waals surface area contributed by atoms with Crippen LogP contribution < -0.4 is 16.4 Å². The zero-order chi connectivity index (χ0) is 16.8. The first-order valence-corrected chi connectivity index (χ1v) is 8.28. The van der Waals surface area contributed by atoms with Crippen molar-refractivity contribution in [2.75, 3.05) is 0 Å². The van der Waals surface area contributed by atoms with Crippen LogP contribution in [0.2, 0.25) is 0 Å². The SMILES string of the molecule is N[C@H]1C[C@@H]1NCc1ccc2c(c1)CN(C1CCC(=O)NC1=O)C2=O. The maximum absolute atomic E-state index is 12.6. The molecule has 0 aromatic heterocycles. The number of hydrogen-bond acceptors (Lipinski definition) is 5. The lowest BCUT2D eigenvalue weighted by atomic mass is 10.0. The van der Waals surface area contributed by atoms with E-state index in [-0.39, 0.29) is 30.2 Å². The molecule has 1 aromatic carbocycles. The molecule has 2 heterocycles. The molecule has 24 heavy (non-hydrogen) atoms. The normalized spacial score (nSPS) is 28.8. The third-order valence-electron chi connectivity index (χ3n) is 5.00. The molecule has 3 aliphatic rings. The van der Waals surface area contributed by atoms with Crippen molar-refractivity contribution in [2.45, 2.75) is 50.5 Å². The quantitative estimate of drug-likeness (QED) is 0.655. The molecule has 4 rings (SSSR count). The summed E-state index contributed by atoms with van der Waals surface area (Å²) in [7, 11) is 0. The summed E-state index contributed by atoms with van der Waals surface area (Å²) >= 11 is 0. The first-order chi connectivity index (χ1) is 11.5. The molecule has 1 saturated heterocycles. The molecule has 1 saturated carbocycles. The second-order valence-corrected chi connectivity index (χ2v) is 6.78. The van der Waals surface area contributed by atoms with Gasteiger partial charge in [0.2, 0.25) is 11.8 Å². The zero-order valence-corrected chi connectivity index (χ0v) is 13.2. The predicted molar refractivity (Wildman–Crippen MR) is 85.7 cm³/mol. The van der Waals surface area contributed by atoms with Gasteiger partial charge in [-0.05, 0) is 30.0 Å². The van der Waals surface area contributed by atoms with Gasteiger partial charge in [-0.25, -0.2) is 0 Å². The highest BCUT2D eigenvalue weighted by Gasteiger charge is 2.39. The number of benzene rings is 1. The van der Waals surface area contributed by atoms with E-state index in [0.29, 0.717) is 24.6 Å². The van der Waals surface area contributed by atoms with Crippen LogP contribution in [-0.4, -0.2) is 40.7 Å². The second kappa shape index (κ2) is 5.68. The standard InChI is InChI=1S/C17H20N4O3/c18-12-6-13(12)19-7-9-1-2-11-10(5-9)8-21(17(11)24)14-3-4-15(22)20-16(14)23/h1-2,5,12-14,19H,3-4,6-8,18H2,(H,20,22,23)/t12-,13-,14?/m0/s1. The molecule has 3 atom stereocenters. The molecule has 1 unspecified atom stereocenters. The number of fused-ring (bicyclic) bond motifs is 1. The lowest BCUT2D eigenvalue weighted by Crippen LogP contribution is -2.52. The minimum Gasteiger partial charge on any atom is -0.326 e. The van der Waals surface area contributed by atoms with Gasteiger partial charge in [-0.15, -0.1) is 0 Å². The van der Waals surface area contributed by atoms with Crippen molar-refractivity contribution < 1.29 is 14.4 Å². The molecule has 7 nitrogen and oxygen atoms in total. The fourth-order valence-corrected chi connectivity index (χ4v) is 3.44. The number of carbonyl (C=O) groups excluding carboxylic acids is 3. The Balaban J connectivity index is 1.47. The van der Waals surface area contributed by atoms with E-state index in [1.807, 2.05) is 18.2 Å². The highest BCUT2D eigenvalue weighted by Crippen LogP contribution is 2.28. The van der Waals surface area contributed by atoms with Gasteiger partial charge in [-0.2, -0.15) is 0 Å². The van der Waals surface area contributed by atoms with Crippen molar-refractivity contribution >= 4 is 17.7 Å². The Hall–Kier alpha value is -2.25. The molecular weight excluding hydrogens is 308 g/mol. The van der Waals surface area contributed by atoms with Gasteiger partial charge < -0.3 is 16.0 Å². The molecule has 7 heteroatoms. The molecule has 126 valence electrons. The van der Waals surface area contributed by atoms with E-state index < -0.39 is 6.04 Å². The summed E-state index contributed by atoms with van der Waals surface area (Å²) in [6, 6.07) is 5.86. The Morgan fingerprint density at radius 2 is 2.08 bits per heavy atom. The molecule has 1 aliphatic carbocycles. The number of nitrogens with one attached hydrogen (secondary N) is 2. The molecule has 1 aromatic rings. The summed E-state index contributed by atoms with van der Waals surface area (Å²) < 4.78 is 0. The van der Waals surface area contributed by atoms with Crippen LogP contribution in [0.25, 0.3) is 0 Å². The smallest absolute Gasteiger partial charge is 0.255 e. The number of nitrogens with two attached hydrogens (primary N) is 1. The van der Waals surface area contributed by atoms with Crippen LogP contribution in [0, 0.1) is 0 Å². The number of amides is 3. The van der Waals surface area contributed by atoms with E-state index in [1.165, 1.54) is 0 Å². The number of piperidine rings is 1. The molecule has 4 N–H and O–H groups in total. The van der Waals surface area contributed by atoms with Crippen molar-refractivity contribution in [3.8, 4) is 0 Å². The van der Waals surface area contributed by atoms with Gasteiger partial charge in [0, 0.05) is 37.2 Å². The summed E-state index contributed by atoms with van der Waals surface area (Å²) in [4.78, 5) is 37.5.